The molecular weight excluding hydrogens is 189 g/mol. The van der Waals surface area contributed by atoms with Crippen molar-refractivity contribution >= 4 is 42.4 Å². The Morgan fingerprint density at radius 2 is 0.800 bits per heavy atom. The summed E-state index contributed by atoms with van der Waals surface area (Å²) in [5.74, 6) is 0. The Kier molecular flexibility index (Phi) is 231. The summed E-state index contributed by atoms with van der Waals surface area (Å²) in [7, 11) is 0. The molecule has 0 aliphatic rings. The fraction of sp³-hybridized carbons (Fsp3) is 0. The van der Waals surface area contributed by atoms with Crippen molar-refractivity contribution in [2.24, 2.45) is 0 Å². The first-order valence-electron chi connectivity index (χ1n) is 0. The van der Waals surface area contributed by atoms with Crippen molar-refractivity contribution in [3.63, 3.8) is 0 Å². The van der Waals surface area contributed by atoms with Crippen molar-refractivity contribution in [2.75, 3.05) is 0 Å². The fourth-order valence-corrected chi connectivity index (χ4v) is 0. The number of rotatable bonds is 0. The summed E-state index contributed by atoms with van der Waals surface area (Å²) in [6, 6.07) is 0. The minimum Gasteiger partial charge on any atom is -1.00 e. The molecule has 0 heterocycles. The predicted molar refractivity (Wildman–Crippen MR) is 28.1 cm³/mol. The maximum atomic E-state index is 0. The maximum absolute atomic E-state index is 0. The second-order valence-electron chi connectivity index (χ2n) is 0. The molecule has 0 aromatic carbocycles. The van der Waals surface area contributed by atoms with E-state index in [9.17, 15) is 0 Å². The summed E-state index contributed by atoms with van der Waals surface area (Å²) >= 11 is 0. The zero-order chi connectivity index (χ0) is 0. The summed E-state index contributed by atoms with van der Waals surface area (Å²) in [5.41, 5.74) is 0. The van der Waals surface area contributed by atoms with Crippen LogP contribution in [-0.4, -0.2) is 17.6 Å². The van der Waals surface area contributed by atoms with Crippen LogP contribution in [0.5, 0.6) is 0 Å². The second kappa shape index (κ2) is 27.4. The van der Waals surface area contributed by atoms with Gasteiger partial charge in [-0.1, -0.05) is 0 Å². The van der Waals surface area contributed by atoms with E-state index < -0.39 is 0 Å². The SMILES string of the molecule is Cl.Cl.[GeH4].[H-].[H-].[Na+].[Na+]. The van der Waals surface area contributed by atoms with Crippen molar-refractivity contribution in [3.8, 4) is 0 Å². The van der Waals surface area contributed by atoms with Gasteiger partial charge in [0.15, 0.2) is 0 Å². The van der Waals surface area contributed by atoms with E-state index >= 15 is 0 Å². The number of halogens is 2. The molecule has 0 N–H and O–H groups in total. The van der Waals surface area contributed by atoms with Crippen molar-refractivity contribution in [1.82, 2.24) is 0 Å². The Bertz CT molecular complexity index is 13.7. The molecule has 0 saturated heterocycles. The van der Waals surface area contributed by atoms with Crippen LogP contribution >= 0.6 is 24.8 Å². The van der Waals surface area contributed by atoms with Crippen LogP contribution in [0, 0.1) is 0 Å². The van der Waals surface area contributed by atoms with Gasteiger partial charge >= 0.3 is 76.7 Å². The smallest absolute Gasteiger partial charge is 1.00 e. The Hall–Kier alpha value is 3.12. The van der Waals surface area contributed by atoms with Crippen molar-refractivity contribution in [2.45, 2.75) is 0 Å². The largest absolute Gasteiger partial charge is 1.00 e. The summed E-state index contributed by atoms with van der Waals surface area (Å²) in [5, 5.41) is 0. The van der Waals surface area contributed by atoms with Gasteiger partial charge in [0.05, 0.1) is 0 Å². The molecule has 0 aromatic heterocycles. The standard InChI is InChI=1S/2ClH.GeH4.2Na.2H/h2*1H;1H4;;;;/q;;;2*+1;2*-1. The average molecular weight is 198 g/mol. The monoisotopic (exact) mass is 198 g/mol. The molecule has 0 aliphatic heterocycles. The van der Waals surface area contributed by atoms with Crippen LogP contribution in [0.4, 0.5) is 0 Å². The van der Waals surface area contributed by atoms with Gasteiger partial charge in [0.25, 0.3) is 0 Å². The first-order valence-corrected chi connectivity index (χ1v) is 0. The Balaban J connectivity index is 0. The van der Waals surface area contributed by atoms with E-state index in [4.69, 9.17) is 0 Å². The maximum Gasteiger partial charge on any atom is 1.00 e. The van der Waals surface area contributed by atoms with Gasteiger partial charge in [-0.15, -0.1) is 24.8 Å². The summed E-state index contributed by atoms with van der Waals surface area (Å²) < 4.78 is 0. The first-order chi connectivity index (χ1) is 0. The molecule has 0 saturated carbocycles. The number of hydrogen-bond donors (Lipinski definition) is 0. The molecule has 0 aromatic rings. The molecule has 5 heavy (non-hydrogen) atoms. The van der Waals surface area contributed by atoms with Gasteiger partial charge in [0, 0.05) is 0 Å². The predicted octanol–water partition coefficient (Wildman–Crippen LogP) is -6.37. The van der Waals surface area contributed by atoms with E-state index in [0.29, 0.717) is 0 Å². The van der Waals surface area contributed by atoms with Crippen LogP contribution in [0.3, 0.4) is 0 Å². The molecule has 0 unspecified atom stereocenters. The van der Waals surface area contributed by atoms with Crippen LogP contribution in [0.2, 0.25) is 0 Å². The van der Waals surface area contributed by atoms with Crippen LogP contribution in [-0.2, 0) is 0 Å². The van der Waals surface area contributed by atoms with Crippen molar-refractivity contribution in [3.05, 3.63) is 0 Å². The normalized spacial score (nSPS) is 0. The van der Waals surface area contributed by atoms with Crippen molar-refractivity contribution < 1.29 is 62.0 Å². The molecule has 28 valence electrons. The van der Waals surface area contributed by atoms with E-state index in [1.165, 1.54) is 0 Å². The minimum atomic E-state index is 0. The average Bonchev–Trinajstić information content (AvgIpc) is 0. The van der Waals surface area contributed by atoms with Crippen LogP contribution in [0.15, 0.2) is 0 Å². The minimum absolute atomic E-state index is 0. The van der Waals surface area contributed by atoms with Crippen LogP contribution in [0.1, 0.15) is 2.85 Å². The Labute approximate surface area is 103 Å². The number of hydrogen-bond acceptors (Lipinski definition) is 0. The molecule has 0 spiro atoms. The summed E-state index contributed by atoms with van der Waals surface area (Å²) in [6.07, 6.45) is 0. The van der Waals surface area contributed by atoms with E-state index in [1.807, 2.05) is 0 Å². The van der Waals surface area contributed by atoms with Crippen LogP contribution in [0.25, 0.3) is 0 Å². The van der Waals surface area contributed by atoms with Gasteiger partial charge in [-0.3, -0.25) is 0 Å². The molecule has 0 bridgehead atoms. The van der Waals surface area contributed by atoms with Crippen molar-refractivity contribution in [1.29, 1.82) is 0 Å². The Morgan fingerprint density at radius 3 is 0.800 bits per heavy atom. The van der Waals surface area contributed by atoms with E-state index in [-0.39, 0.29) is 104 Å². The quantitative estimate of drug-likeness (QED) is 0.339. The summed E-state index contributed by atoms with van der Waals surface area (Å²) in [6.45, 7) is 0. The third kappa shape index (κ3) is 19.2. The van der Waals surface area contributed by atoms with Gasteiger partial charge in [0.2, 0.25) is 0 Å². The molecule has 0 atom stereocenters. The van der Waals surface area contributed by atoms with Gasteiger partial charge in [-0.05, 0) is 0 Å². The molecule has 0 rings (SSSR count). The molecule has 0 nitrogen and oxygen atoms in total. The fourth-order valence-electron chi connectivity index (χ4n) is 0. The van der Waals surface area contributed by atoms with Crippen LogP contribution < -0.4 is 59.1 Å². The molecule has 0 amide bonds. The third-order valence-corrected chi connectivity index (χ3v) is 0. The molecular formula is H8Cl2GeNa2. The van der Waals surface area contributed by atoms with Gasteiger partial charge in [0.1, 0.15) is 0 Å². The topological polar surface area (TPSA) is 0 Å². The van der Waals surface area contributed by atoms with Gasteiger partial charge in [-0.25, -0.2) is 0 Å². The first kappa shape index (κ1) is 42.3. The molecule has 0 fully saturated rings. The summed E-state index contributed by atoms with van der Waals surface area (Å²) in [4.78, 5) is 0. The van der Waals surface area contributed by atoms with Gasteiger partial charge < -0.3 is 2.85 Å². The zero-order valence-corrected chi connectivity index (χ0v) is 8.45. The van der Waals surface area contributed by atoms with E-state index in [2.05, 4.69) is 0 Å². The molecule has 0 aliphatic carbocycles. The zero-order valence-electron chi connectivity index (χ0n) is 4.82. The van der Waals surface area contributed by atoms with E-state index in [1.54, 1.807) is 0 Å². The van der Waals surface area contributed by atoms with Gasteiger partial charge in [-0.2, -0.15) is 0 Å². The molecule has 0 radical (unpaired) electrons. The Morgan fingerprint density at radius 1 is 0.800 bits per heavy atom. The second-order valence-corrected chi connectivity index (χ2v) is 0. The molecule has 5 heteroatoms. The third-order valence-electron chi connectivity index (χ3n) is 0. The van der Waals surface area contributed by atoms with E-state index in [0.717, 1.165) is 0 Å².